The summed E-state index contributed by atoms with van der Waals surface area (Å²) in [6.07, 6.45) is -0.917. The van der Waals surface area contributed by atoms with Gasteiger partial charge in [0.05, 0.1) is 0 Å². The molecular formula is C18H16FNO5. The molecule has 1 heterocycles. The number of rotatable bonds is 5. The molecule has 1 amide bonds. The van der Waals surface area contributed by atoms with Crippen molar-refractivity contribution in [3.8, 4) is 11.5 Å². The van der Waals surface area contributed by atoms with Gasteiger partial charge in [-0.25, -0.2) is 9.18 Å². The first-order valence-electron chi connectivity index (χ1n) is 7.68. The molecule has 2 aromatic rings. The van der Waals surface area contributed by atoms with Crippen LogP contribution in [0.15, 0.2) is 48.5 Å². The van der Waals surface area contributed by atoms with E-state index in [2.05, 4.69) is 5.32 Å². The Morgan fingerprint density at radius 1 is 1.12 bits per heavy atom. The molecule has 25 heavy (non-hydrogen) atoms. The lowest BCUT2D eigenvalue weighted by Crippen LogP contribution is -2.39. The van der Waals surface area contributed by atoms with Gasteiger partial charge in [0.2, 0.25) is 6.10 Å². The van der Waals surface area contributed by atoms with Crippen LogP contribution >= 0.6 is 0 Å². The predicted octanol–water partition coefficient (Wildman–Crippen LogP) is 1.83. The van der Waals surface area contributed by atoms with Crippen molar-refractivity contribution in [1.29, 1.82) is 0 Å². The molecule has 0 spiro atoms. The molecule has 1 aliphatic rings. The monoisotopic (exact) mass is 345 g/mol. The fourth-order valence-corrected chi connectivity index (χ4v) is 2.22. The fourth-order valence-electron chi connectivity index (χ4n) is 2.22. The largest absolute Gasteiger partial charge is 0.485 e. The van der Waals surface area contributed by atoms with Crippen molar-refractivity contribution in [2.45, 2.75) is 12.6 Å². The van der Waals surface area contributed by atoms with Gasteiger partial charge in [-0.3, -0.25) is 4.79 Å². The second-order valence-corrected chi connectivity index (χ2v) is 5.38. The second-order valence-electron chi connectivity index (χ2n) is 5.38. The number of ether oxygens (including phenoxy) is 3. The summed E-state index contributed by atoms with van der Waals surface area (Å²) >= 11 is 0. The summed E-state index contributed by atoms with van der Waals surface area (Å²) in [7, 11) is 0. The van der Waals surface area contributed by atoms with Gasteiger partial charge >= 0.3 is 5.97 Å². The maximum absolute atomic E-state index is 12.8. The quantitative estimate of drug-likeness (QED) is 0.837. The molecule has 0 saturated carbocycles. The number of fused-ring (bicyclic) bond motifs is 1. The van der Waals surface area contributed by atoms with E-state index in [4.69, 9.17) is 14.2 Å². The molecule has 3 rings (SSSR count). The van der Waals surface area contributed by atoms with Gasteiger partial charge in [-0.2, -0.15) is 0 Å². The van der Waals surface area contributed by atoms with Gasteiger partial charge in [0, 0.05) is 6.54 Å². The summed E-state index contributed by atoms with van der Waals surface area (Å²) in [5, 5.41) is 2.58. The minimum absolute atomic E-state index is 0.0209. The van der Waals surface area contributed by atoms with E-state index in [1.165, 1.54) is 12.1 Å². The minimum Gasteiger partial charge on any atom is -0.485 e. The summed E-state index contributed by atoms with van der Waals surface area (Å²) in [6, 6.07) is 12.7. The molecule has 0 bridgehead atoms. The topological polar surface area (TPSA) is 73.9 Å². The van der Waals surface area contributed by atoms with E-state index in [-0.39, 0.29) is 19.0 Å². The zero-order valence-electron chi connectivity index (χ0n) is 13.2. The fraction of sp³-hybridized carbons (Fsp3) is 0.222. The van der Waals surface area contributed by atoms with Crippen LogP contribution in [0.3, 0.4) is 0 Å². The minimum atomic E-state index is -0.917. The Hall–Kier alpha value is -3.09. The van der Waals surface area contributed by atoms with Crippen LogP contribution in [0.25, 0.3) is 0 Å². The first kappa shape index (κ1) is 16.8. The van der Waals surface area contributed by atoms with E-state index in [1.807, 2.05) is 0 Å². The van der Waals surface area contributed by atoms with Crippen LogP contribution in [0.5, 0.6) is 11.5 Å². The van der Waals surface area contributed by atoms with Crippen LogP contribution in [0.2, 0.25) is 0 Å². The van der Waals surface area contributed by atoms with E-state index in [0.29, 0.717) is 11.5 Å². The van der Waals surface area contributed by atoms with Gasteiger partial charge < -0.3 is 19.5 Å². The summed E-state index contributed by atoms with van der Waals surface area (Å²) in [5.74, 6) is -0.471. The standard InChI is InChI=1S/C18H16FNO5/c19-13-7-5-12(6-8-13)9-20-17(21)11-24-18(22)16-10-23-14-3-1-2-4-15(14)25-16/h1-8,16H,9-11H2,(H,20,21)/t16-/m0/s1. The van der Waals surface area contributed by atoms with Gasteiger partial charge in [0.15, 0.2) is 18.1 Å². The van der Waals surface area contributed by atoms with E-state index in [9.17, 15) is 14.0 Å². The zero-order chi connectivity index (χ0) is 17.6. The Labute approximate surface area is 143 Å². The number of carbonyl (C=O) groups excluding carboxylic acids is 2. The number of esters is 1. The zero-order valence-corrected chi connectivity index (χ0v) is 13.2. The Bertz CT molecular complexity index is 762. The number of nitrogens with one attached hydrogen (secondary N) is 1. The van der Waals surface area contributed by atoms with Gasteiger partial charge in [-0.1, -0.05) is 24.3 Å². The van der Waals surface area contributed by atoms with Crippen LogP contribution < -0.4 is 14.8 Å². The van der Waals surface area contributed by atoms with Crippen molar-refractivity contribution >= 4 is 11.9 Å². The van der Waals surface area contributed by atoms with E-state index in [1.54, 1.807) is 36.4 Å². The molecule has 1 aliphatic heterocycles. The van der Waals surface area contributed by atoms with Crippen LogP contribution in [0.1, 0.15) is 5.56 Å². The summed E-state index contributed by atoms with van der Waals surface area (Å²) in [5.41, 5.74) is 0.738. The third kappa shape index (κ3) is 4.47. The maximum atomic E-state index is 12.8. The molecule has 7 heteroatoms. The van der Waals surface area contributed by atoms with Crippen molar-refractivity contribution in [3.05, 3.63) is 59.9 Å². The first-order chi connectivity index (χ1) is 12.1. The maximum Gasteiger partial charge on any atom is 0.351 e. The van der Waals surface area contributed by atoms with Crippen molar-refractivity contribution in [1.82, 2.24) is 5.32 Å². The highest BCUT2D eigenvalue weighted by atomic mass is 19.1. The molecule has 0 aromatic heterocycles. The molecule has 0 aliphatic carbocycles. The Morgan fingerprint density at radius 3 is 2.60 bits per heavy atom. The average molecular weight is 345 g/mol. The number of carbonyl (C=O) groups is 2. The third-order valence-electron chi connectivity index (χ3n) is 3.52. The van der Waals surface area contributed by atoms with Gasteiger partial charge in [-0.15, -0.1) is 0 Å². The number of hydrogen-bond acceptors (Lipinski definition) is 5. The molecule has 0 unspecified atom stereocenters. The molecule has 0 radical (unpaired) electrons. The average Bonchev–Trinajstić information content (AvgIpc) is 2.65. The van der Waals surface area contributed by atoms with E-state index in [0.717, 1.165) is 5.56 Å². The Balaban J connectivity index is 1.43. The number of hydrogen-bond donors (Lipinski definition) is 1. The highest BCUT2D eigenvalue weighted by Gasteiger charge is 2.29. The van der Waals surface area contributed by atoms with Crippen LogP contribution in [0.4, 0.5) is 4.39 Å². The number of para-hydroxylation sites is 2. The molecule has 6 nitrogen and oxygen atoms in total. The first-order valence-corrected chi connectivity index (χ1v) is 7.68. The lowest BCUT2D eigenvalue weighted by Gasteiger charge is -2.24. The lowest BCUT2D eigenvalue weighted by molar-refractivity contribution is -0.157. The second kappa shape index (κ2) is 7.65. The van der Waals surface area contributed by atoms with Gasteiger partial charge in [-0.05, 0) is 29.8 Å². The molecule has 2 aromatic carbocycles. The number of amides is 1. The molecule has 0 saturated heterocycles. The van der Waals surface area contributed by atoms with Crippen molar-refractivity contribution in [3.63, 3.8) is 0 Å². The highest BCUT2D eigenvalue weighted by molar-refractivity contribution is 5.82. The molecule has 1 N–H and O–H groups in total. The van der Waals surface area contributed by atoms with Gasteiger partial charge in [0.25, 0.3) is 5.91 Å². The molecule has 130 valence electrons. The smallest absolute Gasteiger partial charge is 0.351 e. The lowest BCUT2D eigenvalue weighted by atomic mass is 10.2. The summed E-state index contributed by atoms with van der Waals surface area (Å²) in [4.78, 5) is 23.7. The Morgan fingerprint density at radius 2 is 1.84 bits per heavy atom. The Kier molecular flexibility index (Phi) is 5.13. The van der Waals surface area contributed by atoms with Crippen molar-refractivity contribution in [2.75, 3.05) is 13.2 Å². The molecule has 0 fully saturated rings. The van der Waals surface area contributed by atoms with E-state index < -0.39 is 24.6 Å². The predicted molar refractivity (Wildman–Crippen MR) is 85.6 cm³/mol. The van der Waals surface area contributed by atoms with Crippen LogP contribution in [0, 0.1) is 5.82 Å². The summed E-state index contributed by atoms with van der Waals surface area (Å²) < 4.78 is 28.7. The third-order valence-corrected chi connectivity index (χ3v) is 3.52. The molecule has 1 atom stereocenters. The van der Waals surface area contributed by atoms with E-state index >= 15 is 0 Å². The van der Waals surface area contributed by atoms with Crippen LogP contribution in [-0.2, 0) is 20.9 Å². The molecular weight excluding hydrogens is 329 g/mol. The highest BCUT2D eigenvalue weighted by Crippen LogP contribution is 2.31. The van der Waals surface area contributed by atoms with Gasteiger partial charge in [0.1, 0.15) is 12.4 Å². The normalized spacial score (nSPS) is 15.3. The van der Waals surface area contributed by atoms with Crippen LogP contribution in [-0.4, -0.2) is 31.2 Å². The number of halogens is 1. The SMILES string of the molecule is O=C(COC(=O)[C@@H]1COc2ccccc2O1)NCc1ccc(F)cc1. The van der Waals surface area contributed by atoms with Crippen molar-refractivity contribution < 1.29 is 28.2 Å². The number of benzene rings is 2. The summed E-state index contributed by atoms with van der Waals surface area (Å²) in [6.45, 7) is -0.193. The van der Waals surface area contributed by atoms with Crippen molar-refractivity contribution in [2.24, 2.45) is 0 Å².